The first-order chi connectivity index (χ1) is 8.16. The summed E-state index contributed by atoms with van der Waals surface area (Å²) in [5.74, 6) is -0.568. The van der Waals surface area contributed by atoms with Crippen LogP contribution in [0, 0.1) is 0 Å². The molecule has 2 rings (SSSR count). The van der Waals surface area contributed by atoms with Gasteiger partial charge in [-0.15, -0.1) is 0 Å². The van der Waals surface area contributed by atoms with Crippen molar-refractivity contribution in [2.24, 2.45) is 0 Å². The monoisotopic (exact) mass is 232 g/mol. The van der Waals surface area contributed by atoms with E-state index in [0.717, 1.165) is 5.69 Å². The topological polar surface area (TPSA) is 64.4 Å². The van der Waals surface area contributed by atoms with Gasteiger partial charge in [0, 0.05) is 0 Å². The molecule has 0 saturated heterocycles. The summed E-state index contributed by atoms with van der Waals surface area (Å²) in [6.45, 7) is 1.47. The molecular formula is C12H12N2O3. The predicted octanol–water partition coefficient (Wildman–Crippen LogP) is 1.72. The molecule has 0 fully saturated rings. The van der Waals surface area contributed by atoms with Gasteiger partial charge in [0.25, 0.3) is 0 Å². The van der Waals surface area contributed by atoms with Gasteiger partial charge in [-0.3, -0.25) is 0 Å². The lowest BCUT2D eigenvalue weighted by molar-refractivity contribution is -0.144. The summed E-state index contributed by atoms with van der Waals surface area (Å²) in [6.07, 6.45) is 2.25. The Bertz CT molecular complexity index is 507. The van der Waals surface area contributed by atoms with Crippen molar-refractivity contribution in [3.05, 3.63) is 42.7 Å². The van der Waals surface area contributed by atoms with Crippen LogP contribution in [0.15, 0.2) is 42.7 Å². The number of carbonyl (C=O) groups is 1. The Labute approximate surface area is 98.3 Å². The number of hydrogen-bond acceptors (Lipinski definition) is 3. The zero-order valence-electron chi connectivity index (χ0n) is 9.28. The van der Waals surface area contributed by atoms with E-state index in [4.69, 9.17) is 9.84 Å². The Morgan fingerprint density at radius 3 is 2.76 bits per heavy atom. The molecule has 1 heterocycles. The van der Waals surface area contributed by atoms with E-state index >= 15 is 0 Å². The molecule has 17 heavy (non-hydrogen) atoms. The highest BCUT2D eigenvalue weighted by Crippen LogP contribution is 2.14. The lowest BCUT2D eigenvalue weighted by Crippen LogP contribution is -2.22. The Morgan fingerprint density at radius 1 is 1.41 bits per heavy atom. The number of para-hydroxylation sites is 1. The lowest BCUT2D eigenvalue weighted by atomic mass is 10.3. The van der Waals surface area contributed by atoms with Gasteiger partial charge in [-0.2, -0.15) is 5.10 Å². The second kappa shape index (κ2) is 4.69. The third-order valence-corrected chi connectivity index (χ3v) is 2.24. The van der Waals surface area contributed by atoms with Crippen molar-refractivity contribution in [2.45, 2.75) is 13.0 Å². The molecule has 88 valence electrons. The van der Waals surface area contributed by atoms with E-state index < -0.39 is 12.1 Å². The van der Waals surface area contributed by atoms with Crippen LogP contribution in [0.25, 0.3) is 5.69 Å². The van der Waals surface area contributed by atoms with Crippen molar-refractivity contribution in [1.82, 2.24) is 9.78 Å². The minimum Gasteiger partial charge on any atom is -0.479 e. The molecule has 5 heteroatoms. The summed E-state index contributed by atoms with van der Waals surface area (Å²) in [5, 5.41) is 12.8. The third kappa shape index (κ3) is 2.63. The number of benzene rings is 1. The quantitative estimate of drug-likeness (QED) is 0.871. The molecule has 1 aromatic heterocycles. The van der Waals surface area contributed by atoms with Gasteiger partial charge in [-0.05, 0) is 19.1 Å². The van der Waals surface area contributed by atoms with Gasteiger partial charge in [0.05, 0.1) is 18.1 Å². The molecule has 0 aliphatic heterocycles. The second-order valence-electron chi connectivity index (χ2n) is 3.55. The molecule has 0 aliphatic rings. The van der Waals surface area contributed by atoms with Crippen molar-refractivity contribution in [3.8, 4) is 11.4 Å². The minimum absolute atomic E-state index is 0.434. The first-order valence-corrected chi connectivity index (χ1v) is 5.16. The van der Waals surface area contributed by atoms with Crippen molar-refractivity contribution in [1.29, 1.82) is 0 Å². The maximum absolute atomic E-state index is 10.6. The normalized spacial score (nSPS) is 12.1. The fraction of sp³-hybridized carbons (Fsp3) is 0.167. The highest BCUT2D eigenvalue weighted by atomic mass is 16.5. The molecule has 1 atom stereocenters. The van der Waals surface area contributed by atoms with Crippen LogP contribution in [0.5, 0.6) is 5.75 Å². The average Bonchev–Trinajstić information content (AvgIpc) is 2.78. The van der Waals surface area contributed by atoms with E-state index in [-0.39, 0.29) is 0 Å². The molecule has 1 unspecified atom stereocenters. The number of rotatable bonds is 4. The smallest absolute Gasteiger partial charge is 0.344 e. The summed E-state index contributed by atoms with van der Waals surface area (Å²) < 4.78 is 6.82. The molecule has 0 bridgehead atoms. The molecule has 0 aliphatic carbocycles. The highest BCUT2D eigenvalue weighted by molar-refractivity contribution is 5.72. The first kappa shape index (κ1) is 11.2. The number of nitrogens with zero attached hydrogens (tertiary/aromatic N) is 2. The zero-order valence-corrected chi connectivity index (χ0v) is 9.28. The number of aliphatic carboxylic acids is 1. The summed E-state index contributed by atoms with van der Waals surface area (Å²) >= 11 is 0. The molecule has 0 amide bonds. The van der Waals surface area contributed by atoms with E-state index in [9.17, 15) is 4.79 Å². The Hall–Kier alpha value is -2.30. The van der Waals surface area contributed by atoms with Gasteiger partial charge < -0.3 is 9.84 Å². The number of carboxylic acids is 1. The minimum atomic E-state index is -1.00. The average molecular weight is 232 g/mol. The summed E-state index contributed by atoms with van der Waals surface area (Å²) in [6, 6.07) is 9.51. The fourth-order valence-corrected chi connectivity index (χ4v) is 1.34. The molecule has 5 nitrogen and oxygen atoms in total. The van der Waals surface area contributed by atoms with Crippen molar-refractivity contribution in [3.63, 3.8) is 0 Å². The van der Waals surface area contributed by atoms with E-state index in [1.807, 2.05) is 30.3 Å². The molecule has 0 saturated carbocycles. The van der Waals surface area contributed by atoms with E-state index in [0.29, 0.717) is 5.75 Å². The number of carboxylic acid groups (broad SMARTS) is 1. The van der Waals surface area contributed by atoms with Gasteiger partial charge in [0.15, 0.2) is 11.9 Å². The molecular weight excluding hydrogens is 220 g/mol. The van der Waals surface area contributed by atoms with Crippen LogP contribution < -0.4 is 4.74 Å². The van der Waals surface area contributed by atoms with Gasteiger partial charge in [0.2, 0.25) is 0 Å². The van der Waals surface area contributed by atoms with Crippen LogP contribution in [0.1, 0.15) is 6.92 Å². The SMILES string of the molecule is CC(Oc1cnn(-c2ccccc2)c1)C(=O)O. The molecule has 1 N–H and O–H groups in total. The van der Waals surface area contributed by atoms with Gasteiger partial charge in [-0.1, -0.05) is 18.2 Å². The number of hydrogen-bond donors (Lipinski definition) is 1. The van der Waals surface area contributed by atoms with Crippen LogP contribution in [-0.2, 0) is 4.79 Å². The summed E-state index contributed by atoms with van der Waals surface area (Å²) in [4.78, 5) is 10.6. The van der Waals surface area contributed by atoms with Gasteiger partial charge in [0.1, 0.15) is 0 Å². The maximum atomic E-state index is 10.6. The Kier molecular flexibility index (Phi) is 3.09. The molecule has 1 aromatic carbocycles. The molecule has 2 aromatic rings. The van der Waals surface area contributed by atoms with Crippen LogP contribution in [0.2, 0.25) is 0 Å². The van der Waals surface area contributed by atoms with E-state index in [1.54, 1.807) is 10.9 Å². The number of aromatic nitrogens is 2. The Balaban J connectivity index is 2.14. The predicted molar refractivity (Wildman–Crippen MR) is 61.3 cm³/mol. The fourth-order valence-electron chi connectivity index (χ4n) is 1.34. The standard InChI is InChI=1S/C12H12N2O3/c1-9(12(15)16)17-11-7-13-14(8-11)10-5-3-2-4-6-10/h2-9H,1H3,(H,15,16). The van der Waals surface area contributed by atoms with Crippen LogP contribution in [-0.4, -0.2) is 27.0 Å². The second-order valence-corrected chi connectivity index (χ2v) is 3.55. The Morgan fingerprint density at radius 2 is 2.12 bits per heavy atom. The first-order valence-electron chi connectivity index (χ1n) is 5.16. The zero-order chi connectivity index (χ0) is 12.3. The summed E-state index contributed by atoms with van der Waals surface area (Å²) in [7, 11) is 0. The van der Waals surface area contributed by atoms with Crippen molar-refractivity contribution in [2.75, 3.05) is 0 Å². The molecule has 0 spiro atoms. The molecule has 0 radical (unpaired) electrons. The largest absolute Gasteiger partial charge is 0.479 e. The van der Waals surface area contributed by atoms with Gasteiger partial charge >= 0.3 is 5.97 Å². The maximum Gasteiger partial charge on any atom is 0.344 e. The van der Waals surface area contributed by atoms with Crippen molar-refractivity contribution < 1.29 is 14.6 Å². The van der Waals surface area contributed by atoms with Crippen LogP contribution >= 0.6 is 0 Å². The van der Waals surface area contributed by atoms with Crippen LogP contribution in [0.4, 0.5) is 0 Å². The van der Waals surface area contributed by atoms with Crippen molar-refractivity contribution >= 4 is 5.97 Å². The number of ether oxygens (including phenoxy) is 1. The highest BCUT2D eigenvalue weighted by Gasteiger charge is 2.13. The van der Waals surface area contributed by atoms with Gasteiger partial charge in [-0.25, -0.2) is 9.48 Å². The van der Waals surface area contributed by atoms with E-state index in [1.165, 1.54) is 13.1 Å². The summed E-state index contributed by atoms with van der Waals surface area (Å²) in [5.41, 5.74) is 0.894. The lowest BCUT2D eigenvalue weighted by Gasteiger charge is -2.06. The van der Waals surface area contributed by atoms with Crippen LogP contribution in [0.3, 0.4) is 0 Å². The van der Waals surface area contributed by atoms with E-state index in [2.05, 4.69) is 5.10 Å². The third-order valence-electron chi connectivity index (χ3n) is 2.24.